The van der Waals surface area contributed by atoms with Gasteiger partial charge in [-0.15, -0.1) is 10.2 Å². The third kappa shape index (κ3) is 4.01. The Morgan fingerprint density at radius 2 is 1.96 bits per heavy atom. The predicted molar refractivity (Wildman–Crippen MR) is 90.9 cm³/mol. The minimum absolute atomic E-state index is 0.0836. The number of amides is 1. The number of thioether (sulfide) groups is 1. The first-order valence-electron chi connectivity index (χ1n) is 7.13. The molecule has 2 aromatic carbocycles. The first kappa shape index (κ1) is 16.7. The van der Waals surface area contributed by atoms with E-state index in [0.29, 0.717) is 22.4 Å². The quantitative estimate of drug-likeness (QED) is 0.409. The first-order chi connectivity index (χ1) is 12.0. The molecule has 0 bridgehead atoms. The molecular weight excluding hydrogens is 344 g/mol. The molecule has 1 aromatic heterocycles. The molecule has 0 spiro atoms. The summed E-state index contributed by atoms with van der Waals surface area (Å²) in [5.74, 6) is -0.0164. The molecule has 8 nitrogen and oxygen atoms in total. The number of carbonyl (C=O) groups excluding carboxylic acids is 1. The van der Waals surface area contributed by atoms with Crippen molar-refractivity contribution >= 4 is 23.4 Å². The van der Waals surface area contributed by atoms with Gasteiger partial charge >= 0.3 is 0 Å². The summed E-state index contributed by atoms with van der Waals surface area (Å²) in [5, 5.41) is 19.2. The third-order valence-corrected chi connectivity index (χ3v) is 4.15. The van der Waals surface area contributed by atoms with Gasteiger partial charge in [-0.1, -0.05) is 30.0 Å². The molecule has 2 N–H and O–H groups in total. The van der Waals surface area contributed by atoms with Crippen LogP contribution >= 0.6 is 11.8 Å². The fourth-order valence-corrected chi connectivity index (χ4v) is 2.81. The average molecular weight is 356 g/mol. The maximum absolute atomic E-state index is 11.3. The smallest absolute Gasteiger partial charge is 0.277 e. The van der Waals surface area contributed by atoms with E-state index in [0.717, 1.165) is 11.6 Å². The number of hydrogen-bond donors (Lipinski definition) is 1. The number of hydrogen-bond acceptors (Lipinski definition) is 7. The molecule has 126 valence electrons. The van der Waals surface area contributed by atoms with Crippen LogP contribution in [0, 0.1) is 10.1 Å². The highest BCUT2D eigenvalue weighted by Crippen LogP contribution is 2.27. The minimum Gasteiger partial charge on any atom is -0.411 e. The molecule has 25 heavy (non-hydrogen) atoms. The van der Waals surface area contributed by atoms with Crippen LogP contribution in [0.15, 0.2) is 58.2 Å². The Kier molecular flexibility index (Phi) is 4.75. The zero-order chi connectivity index (χ0) is 17.8. The molecule has 0 aliphatic heterocycles. The monoisotopic (exact) mass is 356 g/mol. The van der Waals surface area contributed by atoms with E-state index in [4.69, 9.17) is 10.2 Å². The number of nitro benzene ring substituents is 1. The van der Waals surface area contributed by atoms with Gasteiger partial charge in [-0.05, 0) is 23.8 Å². The molecule has 9 heteroatoms. The molecule has 0 aliphatic rings. The summed E-state index contributed by atoms with van der Waals surface area (Å²) in [6.45, 7) is 0. The van der Waals surface area contributed by atoms with Gasteiger partial charge in [-0.3, -0.25) is 14.9 Å². The second-order valence-corrected chi connectivity index (χ2v) is 5.96. The fourth-order valence-electron chi connectivity index (χ4n) is 2.12. The Bertz CT molecular complexity index is 895. The van der Waals surface area contributed by atoms with Crippen molar-refractivity contribution in [2.24, 2.45) is 5.73 Å². The largest absolute Gasteiger partial charge is 0.411 e. The lowest BCUT2D eigenvalue weighted by atomic mass is 10.1. The number of benzene rings is 2. The number of aromatic nitrogens is 2. The normalized spacial score (nSPS) is 10.6. The summed E-state index contributed by atoms with van der Waals surface area (Å²) in [4.78, 5) is 21.7. The fraction of sp³-hybridized carbons (Fsp3) is 0.0625. The van der Waals surface area contributed by atoms with Crippen LogP contribution in [0.5, 0.6) is 0 Å². The second-order valence-electron chi connectivity index (χ2n) is 5.04. The van der Waals surface area contributed by atoms with Crippen molar-refractivity contribution in [3.63, 3.8) is 0 Å². The lowest BCUT2D eigenvalue weighted by Crippen LogP contribution is -2.11. The van der Waals surface area contributed by atoms with Gasteiger partial charge < -0.3 is 10.2 Å². The number of nitro groups is 1. The van der Waals surface area contributed by atoms with E-state index in [-0.39, 0.29) is 11.3 Å². The highest BCUT2D eigenvalue weighted by Gasteiger charge is 2.14. The van der Waals surface area contributed by atoms with E-state index in [9.17, 15) is 14.9 Å². The van der Waals surface area contributed by atoms with Gasteiger partial charge in [0.05, 0.1) is 4.92 Å². The molecule has 0 atom stereocenters. The summed E-state index contributed by atoms with van der Waals surface area (Å²) in [6, 6.07) is 13.3. The van der Waals surface area contributed by atoms with E-state index in [1.807, 2.05) is 30.3 Å². The van der Waals surface area contributed by atoms with Crippen molar-refractivity contribution in [1.29, 1.82) is 0 Å². The van der Waals surface area contributed by atoms with Gasteiger partial charge in [0.1, 0.15) is 0 Å². The lowest BCUT2D eigenvalue weighted by Gasteiger charge is -2.02. The predicted octanol–water partition coefficient (Wildman–Crippen LogP) is 3.04. The molecule has 1 amide bonds. The van der Waals surface area contributed by atoms with Gasteiger partial charge in [0.25, 0.3) is 10.9 Å². The van der Waals surface area contributed by atoms with Crippen LogP contribution in [0.2, 0.25) is 0 Å². The van der Waals surface area contributed by atoms with Gasteiger partial charge in [0, 0.05) is 29.0 Å². The maximum Gasteiger partial charge on any atom is 0.277 e. The lowest BCUT2D eigenvalue weighted by molar-refractivity contribution is -0.384. The molecule has 0 saturated carbocycles. The zero-order valence-corrected chi connectivity index (χ0v) is 13.6. The van der Waals surface area contributed by atoms with Gasteiger partial charge in [0.2, 0.25) is 11.8 Å². The summed E-state index contributed by atoms with van der Waals surface area (Å²) < 4.78 is 5.56. The van der Waals surface area contributed by atoms with Crippen LogP contribution in [0.3, 0.4) is 0 Å². The number of rotatable bonds is 6. The number of non-ortho nitro benzene ring substituents is 1. The second kappa shape index (κ2) is 7.14. The summed E-state index contributed by atoms with van der Waals surface area (Å²) >= 11 is 1.21. The third-order valence-electron chi connectivity index (χ3n) is 3.26. The Balaban J connectivity index is 1.77. The van der Waals surface area contributed by atoms with Crippen molar-refractivity contribution in [2.45, 2.75) is 11.0 Å². The summed E-state index contributed by atoms with van der Waals surface area (Å²) in [6.07, 6.45) is 0. The van der Waals surface area contributed by atoms with E-state index in [1.165, 1.54) is 23.9 Å². The molecule has 0 radical (unpaired) electrons. The highest BCUT2D eigenvalue weighted by atomic mass is 32.2. The SMILES string of the molecule is NC(=O)c1cc(CSc2nnc(-c3ccccc3)o2)cc([N+](=O)[O-])c1. The Morgan fingerprint density at radius 3 is 2.64 bits per heavy atom. The summed E-state index contributed by atoms with van der Waals surface area (Å²) in [7, 11) is 0. The van der Waals surface area contributed by atoms with E-state index in [2.05, 4.69) is 10.2 Å². The number of nitrogens with zero attached hydrogens (tertiary/aromatic N) is 3. The standard InChI is InChI=1S/C16H12N4O4S/c17-14(21)12-6-10(7-13(8-12)20(22)23)9-25-16-19-18-15(24-16)11-4-2-1-3-5-11/h1-8H,9H2,(H2,17,21). The van der Waals surface area contributed by atoms with Gasteiger partial charge in [-0.2, -0.15) is 0 Å². The molecule has 3 rings (SSSR count). The zero-order valence-electron chi connectivity index (χ0n) is 12.8. The Labute approximate surface area is 146 Å². The van der Waals surface area contributed by atoms with Crippen LogP contribution in [-0.2, 0) is 5.75 Å². The van der Waals surface area contributed by atoms with Crippen LogP contribution in [0.4, 0.5) is 5.69 Å². The minimum atomic E-state index is -0.723. The Hall–Kier alpha value is -3.20. The van der Waals surface area contributed by atoms with E-state index < -0.39 is 10.8 Å². The van der Waals surface area contributed by atoms with Crippen LogP contribution in [-0.4, -0.2) is 21.0 Å². The molecule has 0 saturated heterocycles. The molecule has 1 heterocycles. The van der Waals surface area contributed by atoms with Crippen LogP contribution in [0.1, 0.15) is 15.9 Å². The number of primary amides is 1. The van der Waals surface area contributed by atoms with Crippen molar-refractivity contribution < 1.29 is 14.1 Å². The van der Waals surface area contributed by atoms with Crippen molar-refractivity contribution in [1.82, 2.24) is 10.2 Å². The first-order valence-corrected chi connectivity index (χ1v) is 8.11. The topological polar surface area (TPSA) is 125 Å². The van der Waals surface area contributed by atoms with Crippen LogP contribution < -0.4 is 5.73 Å². The maximum atomic E-state index is 11.3. The van der Waals surface area contributed by atoms with Crippen molar-refractivity contribution in [3.05, 3.63) is 69.8 Å². The molecule has 0 unspecified atom stereocenters. The Morgan fingerprint density at radius 1 is 1.20 bits per heavy atom. The molecule has 0 aliphatic carbocycles. The van der Waals surface area contributed by atoms with Gasteiger partial charge in [-0.25, -0.2) is 0 Å². The van der Waals surface area contributed by atoms with Crippen molar-refractivity contribution in [3.8, 4) is 11.5 Å². The van der Waals surface area contributed by atoms with Crippen LogP contribution in [0.25, 0.3) is 11.5 Å². The summed E-state index contributed by atoms with van der Waals surface area (Å²) in [5.41, 5.74) is 6.47. The molecule has 3 aromatic rings. The highest BCUT2D eigenvalue weighted by molar-refractivity contribution is 7.98. The molecule has 0 fully saturated rings. The van der Waals surface area contributed by atoms with Crippen molar-refractivity contribution in [2.75, 3.05) is 0 Å². The number of nitrogens with two attached hydrogens (primary N) is 1. The van der Waals surface area contributed by atoms with E-state index >= 15 is 0 Å². The average Bonchev–Trinajstić information content (AvgIpc) is 3.09. The van der Waals surface area contributed by atoms with E-state index in [1.54, 1.807) is 0 Å². The number of carbonyl (C=O) groups is 1. The molecular formula is C16H12N4O4S. The van der Waals surface area contributed by atoms with Gasteiger partial charge in [0.15, 0.2) is 0 Å².